The van der Waals surface area contributed by atoms with Gasteiger partial charge in [0.25, 0.3) is 0 Å². The smallest absolute Gasteiger partial charge is 0.164 e. The van der Waals surface area contributed by atoms with Crippen LogP contribution in [-0.4, -0.2) is 10.4 Å². The molecular weight excluding hydrogens is 269 g/mol. The predicted octanol–water partition coefficient (Wildman–Crippen LogP) is 4.30. The number of carbonyl (C=O) groups is 1. The standard InChI is InChI=1S/C14H11Cl2NO/c15-10-3-1-5-12(14(10)16)17-8-7-9-11(17)4-2-6-13(9)18/h1,3,5,7-8H,2,4,6H2. The van der Waals surface area contributed by atoms with Gasteiger partial charge in [-0.2, -0.15) is 0 Å². The molecule has 4 heteroatoms. The monoisotopic (exact) mass is 279 g/mol. The molecule has 0 N–H and O–H groups in total. The van der Waals surface area contributed by atoms with Crippen LogP contribution in [0.25, 0.3) is 5.69 Å². The van der Waals surface area contributed by atoms with Gasteiger partial charge in [0.2, 0.25) is 0 Å². The Morgan fingerprint density at radius 3 is 2.78 bits per heavy atom. The van der Waals surface area contributed by atoms with Gasteiger partial charge in [-0.1, -0.05) is 29.3 Å². The zero-order valence-electron chi connectivity index (χ0n) is 9.62. The maximum Gasteiger partial charge on any atom is 0.164 e. The average molecular weight is 280 g/mol. The van der Waals surface area contributed by atoms with E-state index in [1.807, 2.05) is 29.0 Å². The van der Waals surface area contributed by atoms with E-state index in [4.69, 9.17) is 23.2 Å². The molecule has 2 aromatic rings. The van der Waals surface area contributed by atoms with Crippen molar-refractivity contribution in [2.24, 2.45) is 0 Å². The molecule has 0 fully saturated rings. The van der Waals surface area contributed by atoms with Gasteiger partial charge in [0, 0.05) is 23.9 Å². The molecule has 0 radical (unpaired) electrons. The van der Waals surface area contributed by atoms with Crippen LogP contribution in [0.4, 0.5) is 0 Å². The SMILES string of the molecule is O=C1CCCc2c1ccn2-c1cccc(Cl)c1Cl. The van der Waals surface area contributed by atoms with Gasteiger partial charge in [0.15, 0.2) is 5.78 Å². The van der Waals surface area contributed by atoms with Crippen LogP contribution < -0.4 is 0 Å². The molecule has 0 saturated carbocycles. The van der Waals surface area contributed by atoms with Gasteiger partial charge in [-0.05, 0) is 31.0 Å². The molecule has 0 aliphatic heterocycles. The van der Waals surface area contributed by atoms with Crippen molar-refractivity contribution in [2.75, 3.05) is 0 Å². The molecule has 18 heavy (non-hydrogen) atoms. The summed E-state index contributed by atoms with van der Waals surface area (Å²) in [6, 6.07) is 7.40. The number of benzene rings is 1. The van der Waals surface area contributed by atoms with E-state index >= 15 is 0 Å². The van der Waals surface area contributed by atoms with Gasteiger partial charge in [-0.25, -0.2) is 0 Å². The van der Waals surface area contributed by atoms with Crippen LogP contribution in [0.3, 0.4) is 0 Å². The van der Waals surface area contributed by atoms with E-state index in [9.17, 15) is 4.79 Å². The lowest BCUT2D eigenvalue weighted by atomic mass is 9.97. The molecule has 0 unspecified atom stereocenters. The van der Waals surface area contributed by atoms with Gasteiger partial charge in [0.1, 0.15) is 0 Å². The number of rotatable bonds is 1. The summed E-state index contributed by atoms with van der Waals surface area (Å²) in [5.74, 6) is 0.216. The van der Waals surface area contributed by atoms with Gasteiger partial charge in [-0.3, -0.25) is 4.79 Å². The lowest BCUT2D eigenvalue weighted by Gasteiger charge is -2.16. The van der Waals surface area contributed by atoms with Crippen LogP contribution in [0.2, 0.25) is 10.0 Å². The predicted molar refractivity (Wildman–Crippen MR) is 73.1 cm³/mol. The Bertz CT molecular complexity index is 631. The minimum Gasteiger partial charge on any atom is -0.319 e. The first-order valence-corrected chi connectivity index (χ1v) is 6.62. The van der Waals surface area contributed by atoms with Crippen LogP contribution in [0.5, 0.6) is 0 Å². The van der Waals surface area contributed by atoms with E-state index in [-0.39, 0.29) is 5.78 Å². The normalized spacial score (nSPS) is 14.7. The van der Waals surface area contributed by atoms with Crippen molar-refractivity contribution in [3.05, 3.63) is 51.8 Å². The Morgan fingerprint density at radius 2 is 1.94 bits per heavy atom. The molecule has 92 valence electrons. The molecule has 1 heterocycles. The number of hydrogen-bond donors (Lipinski definition) is 0. The van der Waals surface area contributed by atoms with Crippen molar-refractivity contribution in [3.63, 3.8) is 0 Å². The van der Waals surface area contributed by atoms with E-state index in [0.29, 0.717) is 16.5 Å². The summed E-state index contributed by atoms with van der Waals surface area (Å²) in [7, 11) is 0. The minimum atomic E-state index is 0.216. The van der Waals surface area contributed by atoms with E-state index in [1.54, 1.807) is 6.07 Å². The van der Waals surface area contributed by atoms with E-state index in [1.165, 1.54) is 0 Å². The van der Waals surface area contributed by atoms with Crippen molar-refractivity contribution in [2.45, 2.75) is 19.3 Å². The molecule has 0 amide bonds. The summed E-state index contributed by atoms with van der Waals surface area (Å²) >= 11 is 12.3. The maximum absolute atomic E-state index is 11.8. The first-order valence-electron chi connectivity index (χ1n) is 5.86. The highest BCUT2D eigenvalue weighted by molar-refractivity contribution is 6.43. The van der Waals surface area contributed by atoms with E-state index < -0.39 is 0 Å². The minimum absolute atomic E-state index is 0.216. The van der Waals surface area contributed by atoms with Gasteiger partial charge in [0.05, 0.1) is 15.7 Å². The molecule has 1 aromatic carbocycles. The molecule has 0 atom stereocenters. The number of carbonyl (C=O) groups excluding carboxylic acids is 1. The van der Waals surface area contributed by atoms with Crippen molar-refractivity contribution in [3.8, 4) is 5.69 Å². The fraction of sp³-hybridized carbons (Fsp3) is 0.214. The Balaban J connectivity index is 2.19. The first-order chi connectivity index (χ1) is 8.68. The highest BCUT2D eigenvalue weighted by Crippen LogP contribution is 2.32. The highest BCUT2D eigenvalue weighted by atomic mass is 35.5. The van der Waals surface area contributed by atoms with Crippen LogP contribution in [0.15, 0.2) is 30.5 Å². The Morgan fingerprint density at radius 1 is 1.11 bits per heavy atom. The lowest BCUT2D eigenvalue weighted by molar-refractivity contribution is 0.0972. The fourth-order valence-electron chi connectivity index (χ4n) is 2.43. The Labute approximate surface area is 115 Å². The topological polar surface area (TPSA) is 22.0 Å². The second kappa shape index (κ2) is 4.45. The maximum atomic E-state index is 11.8. The molecule has 2 nitrogen and oxygen atoms in total. The summed E-state index contributed by atoms with van der Waals surface area (Å²) in [5, 5.41) is 1.05. The van der Waals surface area contributed by atoms with Crippen molar-refractivity contribution in [1.82, 2.24) is 4.57 Å². The van der Waals surface area contributed by atoms with Crippen LogP contribution in [0, 0.1) is 0 Å². The zero-order chi connectivity index (χ0) is 12.7. The second-order valence-electron chi connectivity index (χ2n) is 4.40. The van der Waals surface area contributed by atoms with Crippen molar-refractivity contribution in [1.29, 1.82) is 0 Å². The number of aromatic nitrogens is 1. The Hall–Kier alpha value is -1.25. The third-order valence-electron chi connectivity index (χ3n) is 3.30. The Kier molecular flexibility index (Phi) is 2.92. The third kappa shape index (κ3) is 1.76. The number of Topliss-reactive ketones (excluding diaryl/α,β-unsaturated/α-hetero) is 1. The largest absolute Gasteiger partial charge is 0.319 e. The second-order valence-corrected chi connectivity index (χ2v) is 5.18. The van der Waals surface area contributed by atoms with Crippen LogP contribution in [0.1, 0.15) is 28.9 Å². The van der Waals surface area contributed by atoms with Crippen LogP contribution >= 0.6 is 23.2 Å². The first kappa shape index (κ1) is 11.8. The fourth-order valence-corrected chi connectivity index (χ4v) is 2.82. The van der Waals surface area contributed by atoms with E-state index in [0.717, 1.165) is 29.8 Å². The molecule has 3 rings (SSSR count). The quantitative estimate of drug-likeness (QED) is 0.763. The van der Waals surface area contributed by atoms with E-state index in [2.05, 4.69) is 0 Å². The molecule has 0 spiro atoms. The summed E-state index contributed by atoms with van der Waals surface area (Å²) in [4.78, 5) is 11.8. The molecule has 1 aromatic heterocycles. The van der Waals surface area contributed by atoms with Gasteiger partial charge >= 0.3 is 0 Å². The number of nitrogens with zero attached hydrogens (tertiary/aromatic N) is 1. The van der Waals surface area contributed by atoms with Gasteiger partial charge < -0.3 is 4.57 Å². The molecule has 0 saturated heterocycles. The average Bonchev–Trinajstić information content (AvgIpc) is 2.78. The molecule has 1 aliphatic rings. The third-order valence-corrected chi connectivity index (χ3v) is 4.11. The molecule has 1 aliphatic carbocycles. The number of ketones is 1. The van der Waals surface area contributed by atoms with Gasteiger partial charge in [-0.15, -0.1) is 0 Å². The summed E-state index contributed by atoms with van der Waals surface area (Å²) in [6.07, 6.45) is 4.33. The zero-order valence-corrected chi connectivity index (χ0v) is 11.1. The van der Waals surface area contributed by atoms with Crippen molar-refractivity contribution < 1.29 is 4.79 Å². The number of hydrogen-bond acceptors (Lipinski definition) is 1. The molecular formula is C14H11Cl2NO. The highest BCUT2D eigenvalue weighted by Gasteiger charge is 2.22. The van der Waals surface area contributed by atoms with Crippen molar-refractivity contribution >= 4 is 29.0 Å². The number of halogens is 2. The number of fused-ring (bicyclic) bond motifs is 1. The lowest BCUT2D eigenvalue weighted by Crippen LogP contribution is -2.12. The summed E-state index contributed by atoms with van der Waals surface area (Å²) in [6.45, 7) is 0. The summed E-state index contributed by atoms with van der Waals surface area (Å²) in [5.41, 5.74) is 2.69. The van der Waals surface area contributed by atoms with Crippen LogP contribution in [-0.2, 0) is 6.42 Å². The molecule has 0 bridgehead atoms. The summed E-state index contributed by atoms with van der Waals surface area (Å²) < 4.78 is 1.97.